The molecule has 1 aromatic carbocycles. The van der Waals surface area contributed by atoms with Crippen molar-refractivity contribution < 1.29 is 0 Å². The van der Waals surface area contributed by atoms with Crippen LogP contribution in [0.3, 0.4) is 0 Å². The predicted octanol–water partition coefficient (Wildman–Crippen LogP) is 7.31. The number of benzene rings is 1. The number of rotatable bonds is 5. The molecule has 0 bridgehead atoms. The van der Waals surface area contributed by atoms with E-state index in [0.717, 1.165) is 5.66 Å². The first-order valence-electron chi connectivity index (χ1n) is 12.0. The van der Waals surface area contributed by atoms with Gasteiger partial charge in [0, 0.05) is 12.2 Å². The van der Waals surface area contributed by atoms with Gasteiger partial charge in [-0.2, -0.15) is 0 Å². The highest BCUT2D eigenvalue weighted by Gasteiger charge is 2.36. The van der Waals surface area contributed by atoms with Crippen LogP contribution in [-0.4, -0.2) is 36.4 Å². The minimum Gasteiger partial charge on any atom is -0.303 e. The Labute approximate surface area is 178 Å². The van der Waals surface area contributed by atoms with E-state index >= 15 is 0 Å². The summed E-state index contributed by atoms with van der Waals surface area (Å²) < 4.78 is 0. The van der Waals surface area contributed by atoms with Crippen LogP contribution in [0.2, 0.25) is 0 Å². The van der Waals surface area contributed by atoms with E-state index < -0.39 is 0 Å². The molecule has 2 unspecified atom stereocenters. The molecule has 0 radical (unpaired) electrons. The molecule has 154 valence electrons. The standard InChI is InChI=1S/C27H36NP/c1-2-12-24(13-3-1)29(21-20-28-18-8-9-19-28)27-25-14-6-4-10-22(25)16-17-23-11-5-7-15-26(23)27/h4-6,10-11,14,16-17,24,27H,1-3,7-9,12-13,15,18-21H2. The lowest BCUT2D eigenvalue weighted by Crippen LogP contribution is -2.26. The summed E-state index contributed by atoms with van der Waals surface area (Å²) in [7, 11) is -0.0338. The second kappa shape index (κ2) is 9.32. The second-order valence-electron chi connectivity index (χ2n) is 9.36. The Morgan fingerprint density at radius 2 is 1.72 bits per heavy atom. The first-order chi connectivity index (χ1) is 14.4. The van der Waals surface area contributed by atoms with Crippen LogP contribution in [0.4, 0.5) is 0 Å². The molecule has 1 aliphatic heterocycles. The molecule has 0 aromatic heterocycles. The first kappa shape index (κ1) is 19.8. The summed E-state index contributed by atoms with van der Waals surface area (Å²) >= 11 is 0. The monoisotopic (exact) mass is 405 g/mol. The van der Waals surface area contributed by atoms with Gasteiger partial charge in [0.15, 0.2) is 0 Å². The maximum atomic E-state index is 2.76. The number of allylic oxidation sites excluding steroid dienone is 5. The van der Waals surface area contributed by atoms with Crippen LogP contribution in [0, 0.1) is 0 Å². The van der Waals surface area contributed by atoms with Gasteiger partial charge in [0.05, 0.1) is 0 Å². The lowest BCUT2D eigenvalue weighted by Gasteiger charge is -2.40. The fourth-order valence-corrected chi connectivity index (χ4v) is 9.87. The Bertz CT molecular complexity index is 793. The lowest BCUT2D eigenvalue weighted by molar-refractivity contribution is 0.360. The summed E-state index contributed by atoms with van der Waals surface area (Å²) in [6.07, 6.45) is 23.7. The lowest BCUT2D eigenvalue weighted by atomic mass is 9.92. The number of nitrogens with zero attached hydrogens (tertiary/aromatic N) is 1. The molecule has 4 aliphatic rings. The molecular weight excluding hydrogens is 369 g/mol. The summed E-state index contributed by atoms with van der Waals surface area (Å²) in [6, 6.07) is 9.34. The molecule has 1 aromatic rings. The molecule has 1 saturated carbocycles. The topological polar surface area (TPSA) is 3.24 Å². The highest BCUT2D eigenvalue weighted by molar-refractivity contribution is 7.59. The van der Waals surface area contributed by atoms with Crippen LogP contribution in [-0.2, 0) is 0 Å². The van der Waals surface area contributed by atoms with E-state index in [1.807, 2.05) is 0 Å². The van der Waals surface area contributed by atoms with Crippen LogP contribution >= 0.6 is 7.92 Å². The molecule has 1 heterocycles. The van der Waals surface area contributed by atoms with Gasteiger partial charge in [0.2, 0.25) is 0 Å². The van der Waals surface area contributed by atoms with Crippen molar-refractivity contribution >= 4 is 14.0 Å². The maximum Gasteiger partial charge on any atom is 0.0268 e. The quantitative estimate of drug-likeness (QED) is 0.464. The Morgan fingerprint density at radius 1 is 0.897 bits per heavy atom. The molecule has 0 N–H and O–H groups in total. The summed E-state index contributed by atoms with van der Waals surface area (Å²) in [5.74, 6) is 0. The fraction of sp³-hybridized carbons (Fsp3) is 0.556. The molecular formula is C27H36NP. The van der Waals surface area contributed by atoms with Crippen LogP contribution < -0.4 is 0 Å². The average molecular weight is 406 g/mol. The molecule has 2 atom stereocenters. The van der Waals surface area contributed by atoms with Gasteiger partial charge in [-0.15, -0.1) is 0 Å². The number of hydrogen-bond donors (Lipinski definition) is 0. The Morgan fingerprint density at radius 3 is 2.59 bits per heavy atom. The van der Waals surface area contributed by atoms with E-state index in [1.54, 1.807) is 11.1 Å². The molecule has 0 amide bonds. The molecule has 1 nitrogen and oxygen atoms in total. The van der Waals surface area contributed by atoms with Gasteiger partial charge in [0.25, 0.3) is 0 Å². The van der Waals surface area contributed by atoms with Crippen LogP contribution in [0.25, 0.3) is 6.08 Å². The van der Waals surface area contributed by atoms with Crippen LogP contribution in [0.15, 0.2) is 53.6 Å². The Hall–Kier alpha value is -1.17. The second-order valence-corrected chi connectivity index (χ2v) is 12.1. The maximum absolute atomic E-state index is 2.76. The van der Waals surface area contributed by atoms with Crippen molar-refractivity contribution in [3.8, 4) is 0 Å². The summed E-state index contributed by atoms with van der Waals surface area (Å²) in [5.41, 5.74) is 8.07. The van der Waals surface area contributed by atoms with E-state index in [1.165, 1.54) is 94.7 Å². The van der Waals surface area contributed by atoms with Gasteiger partial charge < -0.3 is 4.90 Å². The van der Waals surface area contributed by atoms with Crippen molar-refractivity contribution in [2.75, 3.05) is 25.8 Å². The number of likely N-dealkylation sites (tertiary alicyclic amines) is 1. The van der Waals surface area contributed by atoms with Crippen molar-refractivity contribution in [1.82, 2.24) is 4.90 Å². The largest absolute Gasteiger partial charge is 0.303 e. The average Bonchev–Trinajstić information content (AvgIpc) is 3.24. The Balaban J connectivity index is 1.53. The fourth-order valence-electron chi connectivity index (χ4n) is 6.01. The molecule has 5 rings (SSSR count). The third-order valence-corrected chi connectivity index (χ3v) is 11.0. The zero-order chi connectivity index (χ0) is 19.5. The van der Waals surface area contributed by atoms with Crippen LogP contribution in [0.5, 0.6) is 0 Å². The van der Waals surface area contributed by atoms with Gasteiger partial charge in [-0.25, -0.2) is 0 Å². The van der Waals surface area contributed by atoms with E-state index in [0.29, 0.717) is 5.66 Å². The zero-order valence-corrected chi connectivity index (χ0v) is 18.8. The summed E-state index contributed by atoms with van der Waals surface area (Å²) in [4.78, 5) is 2.76. The molecule has 0 spiro atoms. The third-order valence-electron chi connectivity index (χ3n) is 7.56. The minimum absolute atomic E-state index is 0.0338. The van der Waals surface area contributed by atoms with Crippen molar-refractivity contribution in [3.63, 3.8) is 0 Å². The molecule has 1 saturated heterocycles. The SMILES string of the molecule is C1=CC2=C(CC1)C(P(CCN1CCCC1)C1CCCCC1)c1ccccc1C=C2. The van der Waals surface area contributed by atoms with Gasteiger partial charge in [-0.05, 0) is 80.1 Å². The normalized spacial score (nSPS) is 26.3. The van der Waals surface area contributed by atoms with Gasteiger partial charge in [-0.1, -0.05) is 81.3 Å². The Kier molecular flexibility index (Phi) is 6.35. The molecule has 3 aliphatic carbocycles. The molecule has 29 heavy (non-hydrogen) atoms. The number of hydrogen-bond acceptors (Lipinski definition) is 1. The van der Waals surface area contributed by atoms with Crippen molar-refractivity contribution in [1.29, 1.82) is 0 Å². The van der Waals surface area contributed by atoms with Gasteiger partial charge in [-0.3, -0.25) is 0 Å². The zero-order valence-electron chi connectivity index (χ0n) is 17.9. The highest BCUT2D eigenvalue weighted by Crippen LogP contribution is 2.63. The van der Waals surface area contributed by atoms with Gasteiger partial charge >= 0.3 is 0 Å². The third kappa shape index (κ3) is 4.33. The highest BCUT2D eigenvalue weighted by atomic mass is 31.1. The van der Waals surface area contributed by atoms with Gasteiger partial charge in [0.1, 0.15) is 0 Å². The van der Waals surface area contributed by atoms with Crippen molar-refractivity contribution in [2.45, 2.75) is 69.1 Å². The minimum atomic E-state index is -0.0338. The first-order valence-corrected chi connectivity index (χ1v) is 13.7. The molecule has 2 fully saturated rings. The van der Waals surface area contributed by atoms with Crippen molar-refractivity contribution in [2.24, 2.45) is 0 Å². The van der Waals surface area contributed by atoms with E-state index in [4.69, 9.17) is 0 Å². The predicted molar refractivity (Wildman–Crippen MR) is 128 cm³/mol. The summed E-state index contributed by atoms with van der Waals surface area (Å²) in [5, 5.41) is 0. The summed E-state index contributed by atoms with van der Waals surface area (Å²) in [6.45, 7) is 4.02. The van der Waals surface area contributed by atoms with Crippen molar-refractivity contribution in [3.05, 3.63) is 64.8 Å². The van der Waals surface area contributed by atoms with E-state index in [-0.39, 0.29) is 7.92 Å². The number of fused-ring (bicyclic) bond motifs is 1. The van der Waals surface area contributed by atoms with E-state index in [9.17, 15) is 0 Å². The smallest absolute Gasteiger partial charge is 0.0268 e. The van der Waals surface area contributed by atoms with E-state index in [2.05, 4.69) is 53.5 Å². The molecule has 2 heteroatoms. The van der Waals surface area contributed by atoms with Crippen LogP contribution in [0.1, 0.15) is 74.6 Å².